The average Bonchev–Trinajstić information content (AvgIpc) is 2.95. The van der Waals surface area contributed by atoms with Gasteiger partial charge in [-0.15, -0.1) is 0 Å². The number of benzene rings is 1. The van der Waals surface area contributed by atoms with E-state index in [-0.39, 0.29) is 17.6 Å². The molecule has 0 saturated carbocycles. The number of anilines is 1. The molecule has 248 valence electrons. The number of carboxylic acids is 1. The molecule has 1 saturated heterocycles. The minimum Gasteiger partial charge on any atom is -0.479 e. The molecule has 1 aliphatic heterocycles. The van der Waals surface area contributed by atoms with Gasteiger partial charge in [-0.05, 0) is 30.2 Å². The van der Waals surface area contributed by atoms with Crippen molar-refractivity contribution in [2.24, 2.45) is 0 Å². The van der Waals surface area contributed by atoms with Crippen LogP contribution < -0.4 is 4.31 Å². The number of rotatable bonds is 12. The van der Waals surface area contributed by atoms with Gasteiger partial charge >= 0.3 is 11.9 Å². The number of nitrogens with zero attached hydrogens (tertiary/aromatic N) is 3. The number of hydrogen-bond donors (Lipinski definition) is 6. The van der Waals surface area contributed by atoms with Crippen LogP contribution in [0, 0.1) is 5.82 Å². The summed E-state index contributed by atoms with van der Waals surface area (Å²) in [7, 11) is -2.45. The zero-order valence-electron chi connectivity index (χ0n) is 24.8. The first-order valence-electron chi connectivity index (χ1n) is 13.7. The molecule has 1 aliphatic rings. The summed E-state index contributed by atoms with van der Waals surface area (Å²) in [5.41, 5.74) is 1.45. The van der Waals surface area contributed by atoms with Crippen LogP contribution in [-0.4, -0.2) is 117 Å². The number of carbonyl (C=O) groups excluding carboxylic acids is 1. The van der Waals surface area contributed by atoms with Gasteiger partial charge in [0, 0.05) is 24.6 Å². The molecule has 6 N–H and O–H groups in total. The average molecular weight is 658 g/mol. The van der Waals surface area contributed by atoms with E-state index in [2.05, 4.69) is 9.97 Å². The van der Waals surface area contributed by atoms with Crippen molar-refractivity contribution < 1.29 is 62.5 Å². The van der Waals surface area contributed by atoms with Crippen LogP contribution in [0.3, 0.4) is 0 Å². The second kappa shape index (κ2) is 14.7. The van der Waals surface area contributed by atoms with Crippen molar-refractivity contribution in [3.63, 3.8) is 0 Å². The quantitative estimate of drug-likeness (QED) is 0.162. The molecule has 7 unspecified atom stereocenters. The summed E-state index contributed by atoms with van der Waals surface area (Å²) < 4.78 is 48.7. The normalized spacial score (nSPS) is 23.6. The van der Waals surface area contributed by atoms with E-state index in [4.69, 9.17) is 14.6 Å². The summed E-state index contributed by atoms with van der Waals surface area (Å²) in [6.45, 7) is 3.60. The number of carboxylic acid groups (broad SMARTS) is 1. The van der Waals surface area contributed by atoms with Crippen LogP contribution in [0.1, 0.15) is 43.9 Å². The van der Waals surface area contributed by atoms with E-state index in [1.165, 1.54) is 43.5 Å². The second-order valence-electron chi connectivity index (χ2n) is 10.8. The van der Waals surface area contributed by atoms with Gasteiger partial charge in [-0.2, -0.15) is 0 Å². The van der Waals surface area contributed by atoms with Crippen molar-refractivity contribution in [2.45, 2.75) is 75.5 Å². The third kappa shape index (κ3) is 9.00. The number of esters is 1. The lowest BCUT2D eigenvalue weighted by molar-refractivity contribution is -0.286. The number of sulfonamides is 1. The van der Waals surface area contributed by atoms with Crippen LogP contribution in [0.4, 0.5) is 10.3 Å². The van der Waals surface area contributed by atoms with Crippen LogP contribution in [0.2, 0.25) is 0 Å². The molecule has 0 spiro atoms. The molecule has 0 bridgehead atoms. The summed E-state index contributed by atoms with van der Waals surface area (Å²) >= 11 is 0. The van der Waals surface area contributed by atoms with Crippen molar-refractivity contribution in [1.29, 1.82) is 0 Å². The van der Waals surface area contributed by atoms with E-state index < -0.39 is 83.5 Å². The van der Waals surface area contributed by atoms with E-state index in [0.717, 1.165) is 10.6 Å². The lowest BCUT2D eigenvalue weighted by Crippen LogP contribution is -2.60. The van der Waals surface area contributed by atoms with Crippen molar-refractivity contribution in [2.75, 3.05) is 17.6 Å². The van der Waals surface area contributed by atoms with E-state index in [1.807, 2.05) is 0 Å². The second-order valence-corrected chi connectivity index (χ2v) is 12.8. The van der Waals surface area contributed by atoms with E-state index in [1.54, 1.807) is 13.8 Å². The van der Waals surface area contributed by atoms with Gasteiger partial charge in [0.2, 0.25) is 22.3 Å². The Morgan fingerprint density at radius 2 is 1.71 bits per heavy atom. The van der Waals surface area contributed by atoms with Crippen molar-refractivity contribution >= 4 is 34.0 Å². The van der Waals surface area contributed by atoms with Gasteiger partial charge in [-0.3, -0.25) is 4.79 Å². The van der Waals surface area contributed by atoms with Gasteiger partial charge in [-0.25, -0.2) is 31.9 Å². The SMILES string of the molecule is CC(C)c1nc(N(C)S(C)(=O)=O)nc(-c2ccc(F)cc2)c1C=CC(O)CC(O)CC(=O)OC1OC(C(=O)O)C(O)C(O)C1O. The monoisotopic (exact) mass is 657 g/mol. The van der Waals surface area contributed by atoms with Gasteiger partial charge in [0.25, 0.3) is 0 Å². The molecule has 7 atom stereocenters. The fraction of sp³-hybridized carbons (Fsp3) is 0.500. The Labute approximate surface area is 258 Å². The van der Waals surface area contributed by atoms with E-state index in [9.17, 15) is 47.9 Å². The van der Waals surface area contributed by atoms with Gasteiger partial charge in [0.1, 0.15) is 24.1 Å². The Hall–Kier alpha value is -3.58. The largest absolute Gasteiger partial charge is 0.479 e. The van der Waals surface area contributed by atoms with Crippen LogP contribution in [0.5, 0.6) is 0 Å². The predicted molar refractivity (Wildman–Crippen MR) is 155 cm³/mol. The molecule has 2 heterocycles. The molecular formula is C28H36FN3O12S. The fourth-order valence-electron chi connectivity index (χ4n) is 4.36. The summed E-state index contributed by atoms with van der Waals surface area (Å²) in [5.74, 6) is -3.74. The van der Waals surface area contributed by atoms with Crippen molar-refractivity contribution in [3.8, 4) is 11.3 Å². The number of ether oxygens (including phenoxy) is 2. The number of aromatic nitrogens is 2. The Balaban J connectivity index is 1.80. The van der Waals surface area contributed by atoms with E-state index in [0.29, 0.717) is 16.8 Å². The number of carbonyl (C=O) groups is 2. The summed E-state index contributed by atoms with van der Waals surface area (Å²) in [5, 5.41) is 59.7. The van der Waals surface area contributed by atoms with Crippen LogP contribution in [0.15, 0.2) is 30.3 Å². The summed E-state index contributed by atoms with van der Waals surface area (Å²) in [6.07, 6.45) is -10.1. The Kier molecular flexibility index (Phi) is 11.7. The zero-order chi connectivity index (χ0) is 33.8. The standard InChI is InChI=1S/C28H36FN3O12S/c1-13(2)20-18(21(14-5-7-15(29)8-6-14)31-28(30-20)32(3)45(4,41)42)10-9-16(33)11-17(34)12-19(35)43-27-24(38)22(36)23(37)25(44-27)26(39)40/h5-10,13,16-17,22-25,27,33-34,36-38H,11-12H2,1-4H3,(H,39,40). The molecule has 17 heteroatoms. The minimum atomic E-state index is -3.74. The molecule has 1 aromatic carbocycles. The molecule has 15 nitrogen and oxygen atoms in total. The minimum absolute atomic E-state index is 0.129. The topological polar surface area (TPSA) is 237 Å². The molecule has 0 radical (unpaired) electrons. The lowest BCUT2D eigenvalue weighted by atomic mass is 9.97. The Morgan fingerprint density at radius 3 is 2.27 bits per heavy atom. The van der Waals surface area contributed by atoms with Gasteiger partial charge < -0.3 is 40.1 Å². The Morgan fingerprint density at radius 1 is 1.09 bits per heavy atom. The maximum atomic E-state index is 13.7. The first kappa shape index (κ1) is 35.9. The number of hydrogen-bond acceptors (Lipinski definition) is 13. The molecule has 1 fully saturated rings. The number of aliphatic carboxylic acids is 1. The van der Waals surface area contributed by atoms with E-state index >= 15 is 0 Å². The highest BCUT2D eigenvalue weighted by Crippen LogP contribution is 2.32. The molecular weight excluding hydrogens is 621 g/mol. The van der Waals surface area contributed by atoms with Gasteiger partial charge in [-0.1, -0.05) is 26.0 Å². The first-order valence-corrected chi connectivity index (χ1v) is 15.5. The zero-order valence-corrected chi connectivity index (χ0v) is 25.6. The number of halogens is 1. The number of aliphatic hydroxyl groups is 5. The van der Waals surface area contributed by atoms with Crippen LogP contribution >= 0.6 is 0 Å². The Bertz CT molecular complexity index is 1500. The predicted octanol–water partition coefficient (Wildman–Crippen LogP) is -0.247. The van der Waals surface area contributed by atoms with Crippen LogP contribution in [0.25, 0.3) is 17.3 Å². The van der Waals surface area contributed by atoms with Crippen molar-refractivity contribution in [1.82, 2.24) is 9.97 Å². The fourth-order valence-corrected chi connectivity index (χ4v) is 4.74. The van der Waals surface area contributed by atoms with Crippen LogP contribution in [-0.2, 0) is 29.1 Å². The first-order chi connectivity index (χ1) is 20.9. The molecule has 45 heavy (non-hydrogen) atoms. The lowest BCUT2D eigenvalue weighted by Gasteiger charge is -2.38. The maximum absolute atomic E-state index is 13.7. The molecule has 3 rings (SSSR count). The van der Waals surface area contributed by atoms with Crippen molar-refractivity contribution in [3.05, 3.63) is 47.4 Å². The highest BCUT2D eigenvalue weighted by molar-refractivity contribution is 7.92. The third-order valence-electron chi connectivity index (χ3n) is 6.87. The molecule has 2 aromatic rings. The summed E-state index contributed by atoms with van der Waals surface area (Å²) in [6, 6.07) is 5.29. The summed E-state index contributed by atoms with van der Waals surface area (Å²) in [4.78, 5) is 32.4. The highest BCUT2D eigenvalue weighted by Gasteiger charge is 2.48. The molecule has 0 amide bonds. The highest BCUT2D eigenvalue weighted by atomic mass is 32.2. The third-order valence-corrected chi connectivity index (χ3v) is 8.03. The smallest absolute Gasteiger partial charge is 0.335 e. The maximum Gasteiger partial charge on any atom is 0.335 e. The van der Waals surface area contributed by atoms with Gasteiger partial charge in [0.15, 0.2) is 6.10 Å². The van der Waals surface area contributed by atoms with Gasteiger partial charge in [0.05, 0.1) is 36.3 Å². The molecule has 0 aliphatic carbocycles. The molecule has 1 aromatic heterocycles. The number of aliphatic hydroxyl groups excluding tert-OH is 5.